The predicted molar refractivity (Wildman–Crippen MR) is 117 cm³/mol. The maximum atomic E-state index is 12.9. The minimum absolute atomic E-state index is 0.162. The fourth-order valence-corrected chi connectivity index (χ4v) is 2.98. The molecule has 1 amide bonds. The standard InChI is InChI=1S/C22H18Cl2N2O4/c1-26(18-8-3-14(4-9-18)22(28)29)25-21(27)20-12-17(24)5-2-15(20)13-30-19-10-6-16(23)7-11-19/h2-12H,13H2,1H3,(H,25,27)(H,28,29). The van der Waals surface area contributed by atoms with E-state index >= 15 is 0 Å². The van der Waals surface area contributed by atoms with Crippen molar-refractivity contribution in [2.75, 3.05) is 12.1 Å². The highest BCUT2D eigenvalue weighted by Crippen LogP contribution is 2.21. The Morgan fingerprint density at radius 3 is 2.23 bits per heavy atom. The number of hydrogen-bond donors (Lipinski definition) is 2. The van der Waals surface area contributed by atoms with E-state index in [0.29, 0.717) is 32.6 Å². The molecule has 0 heterocycles. The largest absolute Gasteiger partial charge is 0.489 e. The van der Waals surface area contributed by atoms with E-state index in [2.05, 4.69) is 5.43 Å². The molecular formula is C22H18Cl2N2O4. The highest BCUT2D eigenvalue weighted by atomic mass is 35.5. The van der Waals surface area contributed by atoms with Crippen LogP contribution in [0.25, 0.3) is 0 Å². The number of nitrogens with one attached hydrogen (secondary N) is 1. The van der Waals surface area contributed by atoms with Gasteiger partial charge in [-0.15, -0.1) is 0 Å². The van der Waals surface area contributed by atoms with Crippen LogP contribution in [0.15, 0.2) is 66.7 Å². The average molecular weight is 445 g/mol. The Hall–Kier alpha value is -3.22. The molecule has 3 aromatic rings. The fraction of sp³-hybridized carbons (Fsp3) is 0.0909. The Morgan fingerprint density at radius 2 is 1.60 bits per heavy atom. The molecule has 0 unspecified atom stereocenters. The van der Waals surface area contributed by atoms with Gasteiger partial charge in [0, 0.05) is 28.2 Å². The van der Waals surface area contributed by atoms with Crippen molar-refractivity contribution in [1.82, 2.24) is 5.43 Å². The number of rotatable bonds is 7. The number of ether oxygens (including phenoxy) is 1. The predicted octanol–water partition coefficient (Wildman–Crippen LogP) is 5.05. The first kappa shape index (κ1) is 21.5. The SMILES string of the molecule is CN(NC(=O)c1cc(Cl)ccc1COc1ccc(Cl)cc1)c1ccc(C(=O)O)cc1. The van der Waals surface area contributed by atoms with Crippen molar-refractivity contribution < 1.29 is 19.4 Å². The summed E-state index contributed by atoms with van der Waals surface area (Å²) < 4.78 is 5.75. The molecule has 0 spiro atoms. The zero-order valence-corrected chi connectivity index (χ0v) is 17.4. The second-order valence-electron chi connectivity index (χ2n) is 6.40. The summed E-state index contributed by atoms with van der Waals surface area (Å²) in [5.41, 5.74) is 4.55. The Morgan fingerprint density at radius 1 is 0.967 bits per heavy atom. The molecule has 154 valence electrons. The van der Waals surface area contributed by atoms with Crippen LogP contribution in [0.5, 0.6) is 5.75 Å². The first-order valence-corrected chi connectivity index (χ1v) is 9.64. The number of benzene rings is 3. The molecule has 0 aliphatic rings. The minimum atomic E-state index is -1.02. The molecule has 8 heteroatoms. The number of hydrazine groups is 1. The summed E-state index contributed by atoms with van der Waals surface area (Å²) >= 11 is 12.0. The highest BCUT2D eigenvalue weighted by Gasteiger charge is 2.15. The van der Waals surface area contributed by atoms with Gasteiger partial charge in [-0.3, -0.25) is 15.2 Å². The number of nitrogens with zero attached hydrogens (tertiary/aromatic N) is 1. The van der Waals surface area contributed by atoms with E-state index in [9.17, 15) is 9.59 Å². The molecule has 0 bridgehead atoms. The minimum Gasteiger partial charge on any atom is -0.489 e. The number of aromatic carboxylic acids is 1. The summed E-state index contributed by atoms with van der Waals surface area (Å²) in [5, 5.41) is 11.5. The zero-order valence-electron chi connectivity index (χ0n) is 15.9. The third-order valence-corrected chi connectivity index (χ3v) is 4.78. The van der Waals surface area contributed by atoms with Gasteiger partial charge >= 0.3 is 5.97 Å². The van der Waals surface area contributed by atoms with Gasteiger partial charge in [-0.05, 0) is 60.7 Å². The summed E-state index contributed by atoms with van der Waals surface area (Å²) in [6.45, 7) is 0.165. The van der Waals surface area contributed by atoms with Crippen molar-refractivity contribution in [3.8, 4) is 5.75 Å². The molecule has 3 rings (SSSR count). The molecule has 0 atom stereocenters. The summed E-state index contributed by atoms with van der Waals surface area (Å²) in [5.74, 6) is -0.772. The van der Waals surface area contributed by atoms with E-state index in [0.717, 1.165) is 0 Å². The second-order valence-corrected chi connectivity index (χ2v) is 7.27. The van der Waals surface area contributed by atoms with E-state index in [-0.39, 0.29) is 18.1 Å². The number of amides is 1. The van der Waals surface area contributed by atoms with Gasteiger partial charge < -0.3 is 9.84 Å². The van der Waals surface area contributed by atoms with Crippen LogP contribution in [-0.2, 0) is 6.61 Å². The molecule has 0 aromatic heterocycles. The molecule has 30 heavy (non-hydrogen) atoms. The number of carbonyl (C=O) groups excluding carboxylic acids is 1. The van der Waals surface area contributed by atoms with Gasteiger partial charge in [-0.1, -0.05) is 29.3 Å². The molecule has 0 saturated heterocycles. The van der Waals surface area contributed by atoms with E-state index in [1.165, 1.54) is 17.1 Å². The second kappa shape index (κ2) is 9.52. The Labute approximate surface area is 183 Å². The number of carboxylic acid groups (broad SMARTS) is 1. The fourth-order valence-electron chi connectivity index (χ4n) is 2.68. The lowest BCUT2D eigenvalue weighted by Crippen LogP contribution is -2.39. The number of halogens is 2. The monoisotopic (exact) mass is 444 g/mol. The van der Waals surface area contributed by atoms with Gasteiger partial charge in [0.15, 0.2) is 0 Å². The lowest BCUT2D eigenvalue weighted by Gasteiger charge is -2.21. The van der Waals surface area contributed by atoms with Gasteiger partial charge in [0.2, 0.25) is 0 Å². The quantitative estimate of drug-likeness (QED) is 0.498. The molecule has 0 aliphatic heterocycles. The van der Waals surface area contributed by atoms with Gasteiger partial charge in [0.05, 0.1) is 11.3 Å². The highest BCUT2D eigenvalue weighted by molar-refractivity contribution is 6.31. The molecule has 3 aromatic carbocycles. The van der Waals surface area contributed by atoms with Crippen LogP contribution in [0.2, 0.25) is 10.0 Å². The van der Waals surface area contributed by atoms with Crippen molar-refractivity contribution in [2.45, 2.75) is 6.61 Å². The molecular weight excluding hydrogens is 427 g/mol. The summed E-state index contributed by atoms with van der Waals surface area (Å²) in [6, 6.07) is 18.0. The van der Waals surface area contributed by atoms with Crippen molar-refractivity contribution in [3.63, 3.8) is 0 Å². The lowest BCUT2D eigenvalue weighted by molar-refractivity contribution is 0.0696. The van der Waals surface area contributed by atoms with E-state index in [1.807, 2.05) is 0 Å². The Balaban J connectivity index is 1.73. The number of hydrogen-bond acceptors (Lipinski definition) is 4. The number of carboxylic acids is 1. The van der Waals surface area contributed by atoms with Crippen LogP contribution in [0.3, 0.4) is 0 Å². The van der Waals surface area contributed by atoms with E-state index in [4.69, 9.17) is 33.0 Å². The normalized spacial score (nSPS) is 10.4. The molecule has 0 radical (unpaired) electrons. The summed E-state index contributed by atoms with van der Waals surface area (Å²) in [7, 11) is 1.65. The first-order valence-electron chi connectivity index (χ1n) is 8.88. The first-order chi connectivity index (χ1) is 14.3. The van der Waals surface area contributed by atoms with Crippen LogP contribution in [0.1, 0.15) is 26.3 Å². The Kier molecular flexibility index (Phi) is 6.82. The van der Waals surface area contributed by atoms with E-state index < -0.39 is 5.97 Å². The summed E-state index contributed by atoms with van der Waals surface area (Å²) in [4.78, 5) is 23.8. The van der Waals surface area contributed by atoms with Gasteiger partial charge in [-0.2, -0.15) is 0 Å². The van der Waals surface area contributed by atoms with Crippen LogP contribution in [0, 0.1) is 0 Å². The number of carbonyl (C=O) groups is 2. The molecule has 6 nitrogen and oxygen atoms in total. The third kappa shape index (κ3) is 5.43. The third-order valence-electron chi connectivity index (χ3n) is 4.30. The maximum Gasteiger partial charge on any atom is 0.335 e. The van der Waals surface area contributed by atoms with Crippen molar-refractivity contribution in [2.24, 2.45) is 0 Å². The maximum absolute atomic E-state index is 12.9. The van der Waals surface area contributed by atoms with Crippen molar-refractivity contribution in [3.05, 3.63) is 93.5 Å². The van der Waals surface area contributed by atoms with Crippen LogP contribution >= 0.6 is 23.2 Å². The lowest BCUT2D eigenvalue weighted by atomic mass is 10.1. The molecule has 2 N–H and O–H groups in total. The van der Waals surface area contributed by atoms with Gasteiger partial charge in [0.1, 0.15) is 12.4 Å². The molecule has 0 fully saturated rings. The van der Waals surface area contributed by atoms with Crippen molar-refractivity contribution in [1.29, 1.82) is 0 Å². The topological polar surface area (TPSA) is 78.9 Å². The smallest absolute Gasteiger partial charge is 0.335 e. The van der Waals surface area contributed by atoms with Crippen LogP contribution in [-0.4, -0.2) is 24.0 Å². The van der Waals surface area contributed by atoms with Gasteiger partial charge in [-0.25, -0.2) is 4.79 Å². The molecule has 0 aliphatic carbocycles. The number of anilines is 1. The molecule has 0 saturated carbocycles. The van der Waals surface area contributed by atoms with Gasteiger partial charge in [0.25, 0.3) is 5.91 Å². The average Bonchev–Trinajstić information content (AvgIpc) is 2.74. The van der Waals surface area contributed by atoms with E-state index in [1.54, 1.807) is 61.6 Å². The van der Waals surface area contributed by atoms with Crippen LogP contribution < -0.4 is 15.2 Å². The van der Waals surface area contributed by atoms with Crippen LogP contribution in [0.4, 0.5) is 5.69 Å². The van der Waals surface area contributed by atoms with Crippen molar-refractivity contribution >= 4 is 40.8 Å². The Bertz CT molecular complexity index is 1050. The zero-order chi connectivity index (χ0) is 21.7. The summed E-state index contributed by atoms with van der Waals surface area (Å²) in [6.07, 6.45) is 0.